The van der Waals surface area contributed by atoms with Crippen LogP contribution in [-0.4, -0.2) is 66.2 Å². The highest BCUT2D eigenvalue weighted by molar-refractivity contribution is 5.94. The summed E-state index contributed by atoms with van der Waals surface area (Å²) in [6.07, 6.45) is -0.959. The summed E-state index contributed by atoms with van der Waals surface area (Å²) in [6, 6.07) is 1.75. The maximum absolute atomic E-state index is 12.2. The number of hydrogen-bond donors (Lipinski definition) is 1. The SMILES string of the molecule is Cc1occc1C(=O)N(C)CCN1CCC(C)CC1.O=C(O)C(F)(F)F. The van der Waals surface area contributed by atoms with Crippen LogP contribution in [0.4, 0.5) is 13.2 Å². The number of hydrogen-bond acceptors (Lipinski definition) is 4. The van der Waals surface area contributed by atoms with E-state index in [1.807, 2.05) is 14.0 Å². The van der Waals surface area contributed by atoms with E-state index in [9.17, 15) is 18.0 Å². The van der Waals surface area contributed by atoms with Crippen LogP contribution in [0.5, 0.6) is 0 Å². The van der Waals surface area contributed by atoms with Gasteiger partial charge in [-0.1, -0.05) is 6.92 Å². The molecule has 0 radical (unpaired) electrons. The monoisotopic (exact) mass is 378 g/mol. The third-order valence-electron chi connectivity index (χ3n) is 4.31. The van der Waals surface area contributed by atoms with E-state index in [2.05, 4.69) is 11.8 Å². The van der Waals surface area contributed by atoms with Gasteiger partial charge in [-0.15, -0.1) is 0 Å². The van der Waals surface area contributed by atoms with Crippen LogP contribution in [0.1, 0.15) is 35.9 Å². The summed E-state index contributed by atoms with van der Waals surface area (Å²) < 4.78 is 36.9. The first-order chi connectivity index (χ1) is 12.0. The van der Waals surface area contributed by atoms with Gasteiger partial charge >= 0.3 is 12.1 Å². The molecule has 2 heterocycles. The van der Waals surface area contributed by atoms with E-state index >= 15 is 0 Å². The first kappa shape index (κ1) is 22.0. The number of aryl methyl sites for hydroxylation is 1. The first-order valence-electron chi connectivity index (χ1n) is 8.34. The van der Waals surface area contributed by atoms with Crippen LogP contribution < -0.4 is 0 Å². The highest BCUT2D eigenvalue weighted by Gasteiger charge is 2.38. The lowest BCUT2D eigenvalue weighted by Crippen LogP contribution is -2.40. The molecule has 0 bridgehead atoms. The van der Waals surface area contributed by atoms with Gasteiger partial charge in [-0.3, -0.25) is 4.79 Å². The predicted octanol–water partition coefficient (Wildman–Crippen LogP) is 3.03. The smallest absolute Gasteiger partial charge is 0.475 e. The van der Waals surface area contributed by atoms with Crippen LogP contribution in [0.25, 0.3) is 0 Å². The lowest BCUT2D eigenvalue weighted by atomic mass is 9.99. The van der Waals surface area contributed by atoms with Crippen molar-refractivity contribution in [3.05, 3.63) is 23.7 Å². The Bertz CT molecular complexity index is 593. The Morgan fingerprint density at radius 1 is 1.35 bits per heavy atom. The molecule has 1 N–H and O–H groups in total. The minimum absolute atomic E-state index is 0.0524. The van der Waals surface area contributed by atoms with Gasteiger partial charge in [0.15, 0.2) is 0 Å². The maximum Gasteiger partial charge on any atom is 0.490 e. The number of likely N-dealkylation sites (tertiary alicyclic amines) is 1. The molecule has 0 aromatic carbocycles. The van der Waals surface area contributed by atoms with Crippen LogP contribution in [0.2, 0.25) is 0 Å². The average molecular weight is 378 g/mol. The first-order valence-corrected chi connectivity index (χ1v) is 8.34. The standard InChI is InChI=1S/C15H24N2O2.C2HF3O2/c1-12-4-7-17(8-5-12)10-9-16(3)15(18)14-6-11-19-13(14)2;3-2(4,5)1(6)7/h6,11-12H,4-5,7-10H2,1-3H3;(H,6,7). The Morgan fingerprint density at radius 2 is 1.88 bits per heavy atom. The van der Waals surface area contributed by atoms with Crippen molar-refractivity contribution in [1.29, 1.82) is 0 Å². The molecule has 0 unspecified atom stereocenters. The second-order valence-electron chi connectivity index (χ2n) is 6.44. The Morgan fingerprint density at radius 3 is 2.31 bits per heavy atom. The quantitative estimate of drug-likeness (QED) is 0.872. The summed E-state index contributed by atoms with van der Waals surface area (Å²) in [5.41, 5.74) is 0.676. The summed E-state index contributed by atoms with van der Waals surface area (Å²) in [5.74, 6) is -1.16. The van der Waals surface area contributed by atoms with Crippen LogP contribution in [0.15, 0.2) is 16.7 Å². The number of carboxylic acids is 1. The number of carboxylic acid groups (broad SMARTS) is 1. The van der Waals surface area contributed by atoms with Crippen molar-refractivity contribution >= 4 is 11.9 Å². The van der Waals surface area contributed by atoms with E-state index in [-0.39, 0.29) is 5.91 Å². The number of nitrogens with zero attached hydrogens (tertiary/aromatic N) is 2. The fourth-order valence-electron chi connectivity index (χ4n) is 2.49. The highest BCUT2D eigenvalue weighted by atomic mass is 19.4. The molecule has 148 valence electrons. The van der Waals surface area contributed by atoms with Crippen molar-refractivity contribution in [2.24, 2.45) is 5.92 Å². The van der Waals surface area contributed by atoms with Crippen molar-refractivity contribution in [2.45, 2.75) is 32.9 Å². The van der Waals surface area contributed by atoms with Gasteiger partial charge in [-0.2, -0.15) is 13.2 Å². The Kier molecular flexibility index (Phi) is 8.13. The van der Waals surface area contributed by atoms with Crippen molar-refractivity contribution in [3.63, 3.8) is 0 Å². The number of aliphatic carboxylic acids is 1. The summed E-state index contributed by atoms with van der Waals surface area (Å²) >= 11 is 0. The fraction of sp³-hybridized carbons (Fsp3) is 0.647. The number of carbonyl (C=O) groups is 2. The van der Waals surface area contributed by atoms with E-state index in [4.69, 9.17) is 14.3 Å². The van der Waals surface area contributed by atoms with E-state index < -0.39 is 12.1 Å². The van der Waals surface area contributed by atoms with Gasteiger partial charge in [0.2, 0.25) is 0 Å². The average Bonchev–Trinajstić information content (AvgIpc) is 2.99. The third-order valence-corrected chi connectivity index (χ3v) is 4.31. The van der Waals surface area contributed by atoms with Gasteiger partial charge in [0.05, 0.1) is 11.8 Å². The van der Waals surface area contributed by atoms with Gasteiger partial charge < -0.3 is 19.3 Å². The van der Waals surface area contributed by atoms with E-state index in [1.54, 1.807) is 17.2 Å². The molecule has 1 saturated heterocycles. The van der Waals surface area contributed by atoms with E-state index in [1.165, 1.54) is 12.8 Å². The number of carbonyl (C=O) groups excluding carboxylic acids is 1. The number of furan rings is 1. The normalized spacial score (nSPS) is 15.9. The van der Waals surface area contributed by atoms with Crippen LogP contribution in [0, 0.1) is 12.8 Å². The number of piperidine rings is 1. The molecule has 1 aliphatic rings. The van der Waals surface area contributed by atoms with Crippen molar-refractivity contribution in [3.8, 4) is 0 Å². The van der Waals surface area contributed by atoms with Crippen LogP contribution in [0.3, 0.4) is 0 Å². The molecule has 0 saturated carbocycles. The molecule has 1 fully saturated rings. The molecule has 6 nitrogen and oxygen atoms in total. The van der Waals surface area contributed by atoms with Gasteiger partial charge in [-0.25, -0.2) is 4.79 Å². The number of halogens is 3. The molecule has 26 heavy (non-hydrogen) atoms. The molecule has 2 rings (SSSR count). The lowest BCUT2D eigenvalue weighted by molar-refractivity contribution is -0.192. The van der Waals surface area contributed by atoms with Gasteiger partial charge in [0, 0.05) is 20.1 Å². The minimum Gasteiger partial charge on any atom is -0.475 e. The molecule has 1 aromatic heterocycles. The molecule has 0 atom stereocenters. The Labute approximate surface area is 150 Å². The Balaban J connectivity index is 0.000000412. The largest absolute Gasteiger partial charge is 0.490 e. The van der Waals surface area contributed by atoms with Crippen LogP contribution in [-0.2, 0) is 4.79 Å². The molecule has 1 aromatic rings. The Hall–Kier alpha value is -2.03. The highest BCUT2D eigenvalue weighted by Crippen LogP contribution is 2.16. The number of alkyl halides is 3. The number of likely N-dealkylation sites (N-methyl/N-ethyl adjacent to an activating group) is 1. The zero-order chi connectivity index (χ0) is 19.9. The van der Waals surface area contributed by atoms with Gasteiger partial charge in [-0.05, 0) is 44.8 Å². The van der Waals surface area contributed by atoms with Gasteiger partial charge in [0.1, 0.15) is 5.76 Å². The number of rotatable bonds is 4. The minimum atomic E-state index is -5.08. The zero-order valence-corrected chi connectivity index (χ0v) is 15.2. The third kappa shape index (κ3) is 7.07. The molecular formula is C17H25F3N2O4. The molecule has 0 aliphatic carbocycles. The van der Waals surface area contributed by atoms with Crippen LogP contribution >= 0.6 is 0 Å². The molecule has 1 aliphatic heterocycles. The molecular weight excluding hydrogens is 353 g/mol. The summed E-state index contributed by atoms with van der Waals surface area (Å²) in [6.45, 7) is 8.20. The zero-order valence-electron chi connectivity index (χ0n) is 15.2. The molecule has 1 amide bonds. The van der Waals surface area contributed by atoms with Gasteiger partial charge in [0.25, 0.3) is 5.91 Å². The van der Waals surface area contributed by atoms with E-state index in [0.29, 0.717) is 11.3 Å². The second-order valence-corrected chi connectivity index (χ2v) is 6.44. The summed E-state index contributed by atoms with van der Waals surface area (Å²) in [7, 11) is 1.86. The van der Waals surface area contributed by atoms with E-state index in [0.717, 1.165) is 32.1 Å². The van der Waals surface area contributed by atoms with Crippen molar-refractivity contribution in [1.82, 2.24) is 9.80 Å². The topological polar surface area (TPSA) is 74.0 Å². The van der Waals surface area contributed by atoms with Crippen molar-refractivity contribution in [2.75, 3.05) is 33.2 Å². The molecule has 0 spiro atoms. The second kappa shape index (κ2) is 9.61. The fourth-order valence-corrected chi connectivity index (χ4v) is 2.49. The summed E-state index contributed by atoms with van der Waals surface area (Å²) in [4.78, 5) is 25.3. The summed E-state index contributed by atoms with van der Waals surface area (Å²) in [5, 5.41) is 7.12. The predicted molar refractivity (Wildman–Crippen MR) is 88.9 cm³/mol. The van der Waals surface area contributed by atoms with Crippen molar-refractivity contribution < 1.29 is 32.3 Å². The maximum atomic E-state index is 12.2. The lowest BCUT2D eigenvalue weighted by Gasteiger charge is -2.31. The number of amides is 1. The molecule has 9 heteroatoms.